The van der Waals surface area contributed by atoms with Gasteiger partial charge in [0.05, 0.1) is 11.6 Å². The van der Waals surface area contributed by atoms with Crippen molar-refractivity contribution >= 4 is 35.3 Å². The summed E-state index contributed by atoms with van der Waals surface area (Å²) in [4.78, 5) is 23.8. The number of fused-ring (bicyclic) bond motifs is 1. The highest BCUT2D eigenvalue weighted by Crippen LogP contribution is 2.42. The molecule has 4 aromatic carbocycles. The lowest BCUT2D eigenvalue weighted by molar-refractivity contribution is 0.0326. The van der Waals surface area contributed by atoms with Crippen molar-refractivity contribution in [2.24, 2.45) is 0 Å². The Kier molecular flexibility index (Phi) is 8.43. The number of hydrogen-bond donors (Lipinski definition) is 2. The average molecular weight is 578 g/mol. The third-order valence-corrected chi connectivity index (χ3v) is 7.04. The van der Waals surface area contributed by atoms with Gasteiger partial charge in [0.15, 0.2) is 0 Å². The zero-order valence-corrected chi connectivity index (χ0v) is 22.7. The van der Waals surface area contributed by atoms with Crippen molar-refractivity contribution in [1.29, 1.82) is 0 Å². The Labute approximate surface area is 241 Å². The number of halogens is 2. The molecule has 0 saturated heterocycles. The van der Waals surface area contributed by atoms with Crippen molar-refractivity contribution in [3.05, 3.63) is 112 Å². The minimum absolute atomic E-state index is 0.194. The van der Waals surface area contributed by atoms with Gasteiger partial charge >= 0.3 is 6.16 Å². The standard InChI is InChI=1S/C31H25Cl2NO6/c32-22-9-5-20(6-10-22)24-4-2-1-3-19(24)13-15-34-30(35)21-7-11-23(12-8-21)39-29-18-28-25(17-26(29)33)27(14-16-38-28)40-31(36)37/h1-12,17-18,27H,13-16H2,(H,34,35)(H,36,37). The smallest absolute Gasteiger partial charge is 0.493 e. The SMILES string of the molecule is O=C(O)OC1CCOc2cc(Oc3ccc(C(=O)NCCc4ccccc4-c4ccc(Cl)cc4)cc3)c(Cl)cc21. The molecule has 7 nitrogen and oxygen atoms in total. The van der Waals surface area contributed by atoms with Gasteiger partial charge in [0, 0.05) is 35.2 Å². The molecule has 4 aromatic rings. The Hall–Kier alpha value is -4.20. The molecule has 1 heterocycles. The lowest BCUT2D eigenvalue weighted by atomic mass is 9.98. The monoisotopic (exact) mass is 577 g/mol. The number of rotatable bonds is 8. The van der Waals surface area contributed by atoms with Gasteiger partial charge in [-0.2, -0.15) is 0 Å². The number of hydrogen-bond acceptors (Lipinski definition) is 5. The third kappa shape index (κ3) is 6.50. The first-order valence-corrected chi connectivity index (χ1v) is 13.4. The van der Waals surface area contributed by atoms with E-state index in [0.29, 0.717) is 59.4 Å². The number of amides is 1. The molecule has 0 aliphatic carbocycles. The summed E-state index contributed by atoms with van der Waals surface area (Å²) in [7, 11) is 0. The third-order valence-electron chi connectivity index (χ3n) is 6.49. The van der Waals surface area contributed by atoms with Gasteiger partial charge in [-0.05, 0) is 65.6 Å². The summed E-state index contributed by atoms with van der Waals surface area (Å²) in [5.74, 6) is 1.07. The average Bonchev–Trinajstić information content (AvgIpc) is 2.95. The summed E-state index contributed by atoms with van der Waals surface area (Å²) in [5.41, 5.74) is 4.34. The van der Waals surface area contributed by atoms with Gasteiger partial charge in [0.2, 0.25) is 0 Å². The van der Waals surface area contributed by atoms with Crippen molar-refractivity contribution in [3.63, 3.8) is 0 Å². The van der Waals surface area contributed by atoms with Gasteiger partial charge < -0.3 is 24.6 Å². The zero-order valence-electron chi connectivity index (χ0n) is 21.2. The maximum atomic E-state index is 12.8. The maximum Gasteiger partial charge on any atom is 0.506 e. The van der Waals surface area contributed by atoms with E-state index in [4.69, 9.17) is 42.5 Å². The molecule has 1 aliphatic heterocycles. The minimum Gasteiger partial charge on any atom is -0.493 e. The van der Waals surface area contributed by atoms with Crippen molar-refractivity contribution in [2.45, 2.75) is 18.9 Å². The van der Waals surface area contributed by atoms with E-state index in [-0.39, 0.29) is 10.9 Å². The Morgan fingerprint density at radius 3 is 2.48 bits per heavy atom. The second-order valence-electron chi connectivity index (χ2n) is 9.13. The van der Waals surface area contributed by atoms with Crippen LogP contribution in [-0.2, 0) is 11.2 Å². The van der Waals surface area contributed by atoms with Crippen LogP contribution in [0.1, 0.15) is 34.0 Å². The highest BCUT2D eigenvalue weighted by Gasteiger charge is 2.27. The lowest BCUT2D eigenvalue weighted by Gasteiger charge is -2.25. The second kappa shape index (κ2) is 12.3. The van der Waals surface area contributed by atoms with Crippen LogP contribution in [0.3, 0.4) is 0 Å². The summed E-state index contributed by atoms with van der Waals surface area (Å²) in [5, 5.41) is 12.9. The molecular weight excluding hydrogens is 553 g/mol. The quantitative estimate of drug-likeness (QED) is 0.206. The van der Waals surface area contributed by atoms with Gasteiger partial charge in [-0.1, -0.05) is 59.6 Å². The van der Waals surface area contributed by atoms with Crippen LogP contribution in [0.25, 0.3) is 11.1 Å². The zero-order chi connectivity index (χ0) is 28.1. The van der Waals surface area contributed by atoms with Gasteiger partial charge in [0.1, 0.15) is 23.4 Å². The predicted octanol–water partition coefficient (Wildman–Crippen LogP) is 7.94. The van der Waals surface area contributed by atoms with Crippen LogP contribution in [-0.4, -0.2) is 30.3 Å². The van der Waals surface area contributed by atoms with E-state index in [2.05, 4.69) is 17.4 Å². The first kappa shape index (κ1) is 27.4. The Balaban J connectivity index is 1.20. The van der Waals surface area contributed by atoms with Crippen molar-refractivity contribution in [2.75, 3.05) is 13.2 Å². The Morgan fingerprint density at radius 2 is 1.73 bits per heavy atom. The van der Waals surface area contributed by atoms with Crippen LogP contribution < -0.4 is 14.8 Å². The summed E-state index contributed by atoms with van der Waals surface area (Å²) in [6.45, 7) is 0.779. The maximum absolute atomic E-state index is 12.8. The van der Waals surface area contributed by atoms with E-state index < -0.39 is 12.3 Å². The molecule has 1 unspecified atom stereocenters. The van der Waals surface area contributed by atoms with E-state index in [0.717, 1.165) is 16.7 Å². The first-order valence-electron chi connectivity index (χ1n) is 12.6. The number of ether oxygens (including phenoxy) is 3. The number of carbonyl (C=O) groups is 2. The van der Waals surface area contributed by atoms with Crippen LogP contribution in [0.2, 0.25) is 10.0 Å². The first-order chi connectivity index (χ1) is 19.4. The summed E-state index contributed by atoms with van der Waals surface area (Å²) < 4.78 is 16.5. The molecule has 1 atom stereocenters. The van der Waals surface area contributed by atoms with Gasteiger partial charge in [0.25, 0.3) is 5.91 Å². The highest BCUT2D eigenvalue weighted by atomic mass is 35.5. The molecule has 204 valence electrons. The fourth-order valence-electron chi connectivity index (χ4n) is 4.54. The van der Waals surface area contributed by atoms with Gasteiger partial charge in [-0.3, -0.25) is 4.79 Å². The molecule has 5 rings (SSSR count). The number of benzene rings is 4. The summed E-state index contributed by atoms with van der Waals surface area (Å²) in [6, 6.07) is 25.7. The number of carboxylic acid groups (broad SMARTS) is 1. The largest absolute Gasteiger partial charge is 0.506 e. The van der Waals surface area contributed by atoms with E-state index in [1.165, 1.54) is 0 Å². The molecule has 0 aromatic heterocycles. The molecule has 1 aliphatic rings. The number of nitrogens with one attached hydrogen (secondary N) is 1. The molecule has 0 radical (unpaired) electrons. The topological polar surface area (TPSA) is 94.1 Å². The van der Waals surface area contributed by atoms with E-state index in [1.807, 2.05) is 36.4 Å². The van der Waals surface area contributed by atoms with E-state index >= 15 is 0 Å². The molecule has 0 spiro atoms. The Morgan fingerprint density at radius 1 is 0.975 bits per heavy atom. The molecule has 0 saturated carbocycles. The van der Waals surface area contributed by atoms with Crippen LogP contribution in [0.4, 0.5) is 4.79 Å². The van der Waals surface area contributed by atoms with E-state index in [9.17, 15) is 9.59 Å². The fraction of sp³-hybridized carbons (Fsp3) is 0.161. The molecule has 9 heteroatoms. The highest BCUT2D eigenvalue weighted by molar-refractivity contribution is 6.32. The second-order valence-corrected chi connectivity index (χ2v) is 9.97. The minimum atomic E-state index is -1.36. The molecule has 0 bridgehead atoms. The molecular formula is C31H25Cl2NO6. The van der Waals surface area contributed by atoms with Crippen LogP contribution >= 0.6 is 23.2 Å². The van der Waals surface area contributed by atoms with E-state index in [1.54, 1.807) is 36.4 Å². The van der Waals surface area contributed by atoms with Crippen LogP contribution in [0, 0.1) is 0 Å². The fourth-order valence-corrected chi connectivity index (χ4v) is 4.88. The number of carbonyl (C=O) groups excluding carboxylic acids is 1. The van der Waals surface area contributed by atoms with Crippen molar-refractivity contribution in [3.8, 4) is 28.4 Å². The molecule has 0 fully saturated rings. The van der Waals surface area contributed by atoms with Crippen molar-refractivity contribution < 1.29 is 28.9 Å². The van der Waals surface area contributed by atoms with Gasteiger partial charge in [-0.25, -0.2) is 4.79 Å². The molecule has 1 amide bonds. The van der Waals surface area contributed by atoms with Crippen molar-refractivity contribution in [1.82, 2.24) is 5.32 Å². The lowest BCUT2D eigenvalue weighted by Crippen LogP contribution is -2.25. The van der Waals surface area contributed by atoms with Crippen LogP contribution in [0.5, 0.6) is 17.2 Å². The normalized spacial score (nSPS) is 14.0. The summed E-state index contributed by atoms with van der Waals surface area (Å²) in [6.07, 6.45) is -0.949. The van der Waals surface area contributed by atoms with Crippen LogP contribution in [0.15, 0.2) is 84.9 Å². The summed E-state index contributed by atoms with van der Waals surface area (Å²) >= 11 is 12.4. The van der Waals surface area contributed by atoms with Gasteiger partial charge in [-0.15, -0.1) is 0 Å². The molecule has 40 heavy (non-hydrogen) atoms. The predicted molar refractivity (Wildman–Crippen MR) is 153 cm³/mol. The molecule has 2 N–H and O–H groups in total. The Bertz CT molecular complexity index is 1520.